The maximum absolute atomic E-state index is 13.1. The number of aromatic nitrogens is 3. The van der Waals surface area contributed by atoms with E-state index in [1.54, 1.807) is 12.3 Å². The number of rotatable bonds is 11. The molecule has 0 atom stereocenters. The fourth-order valence-electron chi connectivity index (χ4n) is 5.82. The zero-order valence-electron chi connectivity index (χ0n) is 25.2. The SMILES string of the molecule is O=C(CN1CCC(c2cc(=O)n3c(n2)CCCCC3)CC1)N(Cc1cccnc1)C1CC1.O=C(O)CC(O)(CC(=O)O)C(=O)O. The van der Waals surface area contributed by atoms with Crippen LogP contribution in [0.5, 0.6) is 0 Å². The monoisotopic (exact) mass is 627 g/mol. The second kappa shape index (κ2) is 15.2. The number of nitrogens with zero attached hydrogens (tertiary/aromatic N) is 5. The van der Waals surface area contributed by atoms with E-state index in [0.29, 0.717) is 25.0 Å². The third-order valence-electron chi connectivity index (χ3n) is 8.42. The second-order valence-electron chi connectivity index (χ2n) is 12.0. The molecule has 1 amide bonds. The van der Waals surface area contributed by atoms with Crippen molar-refractivity contribution in [2.75, 3.05) is 19.6 Å². The van der Waals surface area contributed by atoms with Gasteiger partial charge in [-0.2, -0.15) is 0 Å². The molecule has 1 saturated heterocycles. The molecule has 4 N–H and O–H groups in total. The van der Waals surface area contributed by atoms with Crippen LogP contribution in [0, 0.1) is 0 Å². The minimum absolute atomic E-state index is 0.111. The summed E-state index contributed by atoms with van der Waals surface area (Å²) in [4.78, 5) is 69.6. The van der Waals surface area contributed by atoms with Crippen molar-refractivity contribution in [2.45, 2.75) is 94.9 Å². The first-order chi connectivity index (χ1) is 21.4. The molecule has 2 aromatic heterocycles. The number of hydrogen-bond donors (Lipinski definition) is 4. The van der Waals surface area contributed by atoms with Crippen LogP contribution in [0.15, 0.2) is 35.4 Å². The van der Waals surface area contributed by atoms with Crippen molar-refractivity contribution >= 4 is 23.8 Å². The number of aliphatic hydroxyl groups is 1. The van der Waals surface area contributed by atoms with E-state index in [0.717, 1.165) is 81.7 Å². The summed E-state index contributed by atoms with van der Waals surface area (Å²) in [6, 6.07) is 6.12. The maximum atomic E-state index is 13.1. The number of carbonyl (C=O) groups excluding carboxylic acids is 1. The van der Waals surface area contributed by atoms with E-state index in [4.69, 9.17) is 25.4 Å². The molecule has 244 valence electrons. The van der Waals surface area contributed by atoms with E-state index in [9.17, 15) is 24.0 Å². The molecule has 0 aromatic carbocycles. The summed E-state index contributed by atoms with van der Waals surface area (Å²) >= 11 is 0. The summed E-state index contributed by atoms with van der Waals surface area (Å²) < 4.78 is 1.87. The molecule has 14 nitrogen and oxygen atoms in total. The highest BCUT2D eigenvalue weighted by Gasteiger charge is 2.41. The molecule has 4 heterocycles. The Morgan fingerprint density at radius 2 is 1.64 bits per heavy atom. The molecule has 2 fully saturated rings. The predicted molar refractivity (Wildman–Crippen MR) is 159 cm³/mol. The van der Waals surface area contributed by atoms with Crippen LogP contribution in [0.3, 0.4) is 0 Å². The highest BCUT2D eigenvalue weighted by molar-refractivity contribution is 5.88. The van der Waals surface area contributed by atoms with Gasteiger partial charge in [-0.1, -0.05) is 12.5 Å². The van der Waals surface area contributed by atoms with Gasteiger partial charge in [-0.05, 0) is 63.2 Å². The third kappa shape index (κ3) is 9.66. The third-order valence-corrected chi connectivity index (χ3v) is 8.42. The molecular formula is C31H41N5O9. The van der Waals surface area contributed by atoms with Gasteiger partial charge in [0.05, 0.1) is 25.1 Å². The van der Waals surface area contributed by atoms with Crippen LogP contribution in [0.4, 0.5) is 0 Å². The quantitative estimate of drug-likeness (QED) is 0.280. The number of carboxylic acids is 3. The lowest BCUT2D eigenvalue weighted by molar-refractivity contribution is -0.170. The summed E-state index contributed by atoms with van der Waals surface area (Å²) in [5.74, 6) is -3.51. The largest absolute Gasteiger partial charge is 0.481 e. The Morgan fingerprint density at radius 3 is 2.22 bits per heavy atom. The first-order valence-corrected chi connectivity index (χ1v) is 15.4. The van der Waals surface area contributed by atoms with Gasteiger partial charge in [0.1, 0.15) is 5.82 Å². The summed E-state index contributed by atoms with van der Waals surface area (Å²) in [5, 5.41) is 33.8. The first kappa shape index (κ1) is 33.7. The number of aryl methyl sites for hydroxylation is 1. The minimum Gasteiger partial charge on any atom is -0.481 e. The number of likely N-dealkylation sites (tertiary alicyclic amines) is 1. The lowest BCUT2D eigenvalue weighted by atomic mass is 9.93. The van der Waals surface area contributed by atoms with E-state index in [-0.39, 0.29) is 11.5 Å². The van der Waals surface area contributed by atoms with Crippen LogP contribution < -0.4 is 5.56 Å². The van der Waals surface area contributed by atoms with Crippen LogP contribution in [0.1, 0.15) is 80.8 Å². The van der Waals surface area contributed by atoms with Crippen LogP contribution in [0.2, 0.25) is 0 Å². The van der Waals surface area contributed by atoms with Crippen LogP contribution >= 0.6 is 0 Å². The zero-order valence-corrected chi connectivity index (χ0v) is 25.2. The van der Waals surface area contributed by atoms with Crippen LogP contribution in [0.25, 0.3) is 0 Å². The highest BCUT2D eigenvalue weighted by Crippen LogP contribution is 2.30. The maximum Gasteiger partial charge on any atom is 0.336 e. The van der Waals surface area contributed by atoms with Gasteiger partial charge in [0.25, 0.3) is 5.56 Å². The lowest BCUT2D eigenvalue weighted by Crippen LogP contribution is -2.44. The Balaban J connectivity index is 0.000000302. The molecule has 3 aliphatic rings. The Kier molecular flexibility index (Phi) is 11.4. The number of hydrogen-bond acceptors (Lipinski definition) is 9. The van der Waals surface area contributed by atoms with Gasteiger partial charge in [0.15, 0.2) is 5.60 Å². The van der Waals surface area contributed by atoms with Crippen molar-refractivity contribution in [3.63, 3.8) is 0 Å². The predicted octanol–water partition coefficient (Wildman–Crippen LogP) is 1.49. The van der Waals surface area contributed by atoms with Gasteiger partial charge in [-0.3, -0.25) is 33.6 Å². The summed E-state index contributed by atoms with van der Waals surface area (Å²) in [6.07, 6.45) is 9.71. The van der Waals surface area contributed by atoms with Crippen molar-refractivity contribution in [1.82, 2.24) is 24.3 Å². The second-order valence-corrected chi connectivity index (χ2v) is 12.0. The molecule has 2 aromatic rings. The number of carbonyl (C=O) groups is 4. The summed E-state index contributed by atoms with van der Waals surface area (Å²) in [6.45, 7) is 3.68. The van der Waals surface area contributed by atoms with Gasteiger partial charge < -0.3 is 25.3 Å². The molecule has 0 bridgehead atoms. The highest BCUT2D eigenvalue weighted by atomic mass is 16.4. The Bertz CT molecular complexity index is 1400. The van der Waals surface area contributed by atoms with E-state index in [1.807, 2.05) is 27.8 Å². The molecule has 5 rings (SSSR count). The van der Waals surface area contributed by atoms with E-state index < -0.39 is 36.4 Å². The minimum atomic E-state index is -2.74. The van der Waals surface area contributed by atoms with Crippen molar-refractivity contribution in [3.05, 3.63) is 58.0 Å². The van der Waals surface area contributed by atoms with E-state index >= 15 is 0 Å². The Hall–Kier alpha value is -4.17. The van der Waals surface area contributed by atoms with Crippen LogP contribution in [-0.2, 0) is 38.7 Å². The van der Waals surface area contributed by atoms with Crippen molar-refractivity contribution in [1.29, 1.82) is 0 Å². The summed E-state index contributed by atoms with van der Waals surface area (Å²) in [7, 11) is 0. The standard InChI is InChI=1S/C25H33N5O2.C6H8O7/c31-24-15-22(27-23-6-2-1-3-12-29(23)24)20-9-13-28(14-10-20)18-25(32)30(21-7-8-21)17-19-5-4-11-26-16-19;7-3(8)1-6(13,5(11)12)2-4(9)10/h4-5,11,15-16,20-21H,1-3,6-10,12-14,17-18H2;13H,1-2H2,(H,7,8)(H,9,10)(H,11,12). The molecular weight excluding hydrogens is 586 g/mol. The van der Waals surface area contributed by atoms with Gasteiger partial charge >= 0.3 is 17.9 Å². The fraction of sp³-hybridized carbons (Fsp3) is 0.581. The smallest absolute Gasteiger partial charge is 0.336 e. The van der Waals surface area contributed by atoms with Crippen molar-refractivity contribution in [2.24, 2.45) is 0 Å². The Morgan fingerprint density at radius 1 is 0.956 bits per heavy atom. The van der Waals surface area contributed by atoms with Crippen molar-refractivity contribution in [3.8, 4) is 0 Å². The number of amides is 1. The number of pyridine rings is 1. The topological polar surface area (TPSA) is 203 Å². The van der Waals surface area contributed by atoms with Gasteiger partial charge in [-0.25, -0.2) is 9.78 Å². The molecule has 2 aliphatic heterocycles. The fourth-order valence-corrected chi connectivity index (χ4v) is 5.82. The van der Waals surface area contributed by atoms with E-state index in [1.165, 1.54) is 6.42 Å². The van der Waals surface area contributed by atoms with Gasteiger partial charge in [0, 0.05) is 49.9 Å². The van der Waals surface area contributed by atoms with Gasteiger partial charge in [-0.15, -0.1) is 0 Å². The Labute approximate surface area is 260 Å². The molecule has 45 heavy (non-hydrogen) atoms. The zero-order chi connectivity index (χ0) is 32.6. The number of aliphatic carboxylic acids is 3. The first-order valence-electron chi connectivity index (χ1n) is 15.4. The number of piperidine rings is 1. The van der Waals surface area contributed by atoms with Gasteiger partial charge in [0.2, 0.25) is 5.91 Å². The molecule has 14 heteroatoms. The lowest BCUT2D eigenvalue weighted by Gasteiger charge is -2.33. The average Bonchev–Trinajstić information content (AvgIpc) is 3.84. The molecule has 0 unspecified atom stereocenters. The average molecular weight is 628 g/mol. The van der Waals surface area contributed by atoms with Crippen molar-refractivity contribution < 1.29 is 39.6 Å². The molecule has 0 spiro atoms. The normalized spacial score (nSPS) is 17.3. The molecule has 1 aliphatic carbocycles. The number of fused-ring (bicyclic) bond motifs is 1. The molecule has 0 radical (unpaired) electrons. The van der Waals surface area contributed by atoms with E-state index in [2.05, 4.69) is 9.88 Å². The number of carboxylic acid groups (broad SMARTS) is 3. The summed E-state index contributed by atoms with van der Waals surface area (Å²) in [5.41, 5.74) is -0.574. The van der Waals surface area contributed by atoms with Crippen LogP contribution in [-0.4, -0.2) is 99.9 Å². The molecule has 1 saturated carbocycles.